The van der Waals surface area contributed by atoms with Crippen LogP contribution in [0.4, 0.5) is 5.69 Å². The normalized spacial score (nSPS) is 14.4. The molecule has 7 heteroatoms. The van der Waals surface area contributed by atoms with Gasteiger partial charge in [-0.15, -0.1) is 0 Å². The Hall–Kier alpha value is -1.70. The number of rotatable bonds is 6. The number of nitrogens with one attached hydrogen (secondary N) is 2. The van der Waals surface area contributed by atoms with E-state index in [2.05, 4.69) is 26.0 Å². The fourth-order valence-electron chi connectivity index (χ4n) is 2.22. The zero-order valence-electron chi connectivity index (χ0n) is 12.8. The Morgan fingerprint density at radius 2 is 1.83 bits per heavy atom. The Morgan fingerprint density at radius 1 is 1.12 bits per heavy atom. The summed E-state index contributed by atoms with van der Waals surface area (Å²) in [5.74, 6) is 0.159. The molecule has 1 saturated carbocycles. The van der Waals surface area contributed by atoms with E-state index in [1.54, 1.807) is 42.5 Å². The molecule has 24 heavy (non-hydrogen) atoms. The van der Waals surface area contributed by atoms with E-state index in [-0.39, 0.29) is 23.3 Å². The number of hydrogen-bond acceptors (Lipinski definition) is 3. The molecule has 2 aromatic rings. The molecule has 0 heterocycles. The molecule has 0 aromatic heterocycles. The standard InChI is InChI=1S/C17H17BrN2O3S/c18-14-6-8-16(9-7-14)24(22,23)19-11-12-2-1-3-15(10-12)20-17(21)13-4-5-13/h1-3,6-10,13,19H,4-5,11H2,(H,20,21). The lowest BCUT2D eigenvalue weighted by Crippen LogP contribution is -2.23. The molecule has 2 N–H and O–H groups in total. The van der Waals surface area contributed by atoms with Crippen LogP contribution < -0.4 is 10.0 Å². The Balaban J connectivity index is 1.65. The van der Waals surface area contributed by atoms with E-state index in [0.29, 0.717) is 5.69 Å². The van der Waals surface area contributed by atoms with Crippen molar-refractivity contribution in [3.05, 3.63) is 58.6 Å². The van der Waals surface area contributed by atoms with Gasteiger partial charge in [-0.2, -0.15) is 0 Å². The lowest BCUT2D eigenvalue weighted by atomic mass is 10.2. The minimum atomic E-state index is -3.57. The molecule has 1 aliphatic rings. The third kappa shape index (κ3) is 4.43. The molecule has 0 spiro atoms. The number of carbonyl (C=O) groups is 1. The van der Waals surface area contributed by atoms with Gasteiger partial charge in [0.15, 0.2) is 0 Å². The number of amides is 1. The van der Waals surface area contributed by atoms with Crippen molar-refractivity contribution in [3.63, 3.8) is 0 Å². The molecular formula is C17H17BrN2O3S. The van der Waals surface area contributed by atoms with E-state index in [1.807, 2.05) is 6.07 Å². The summed E-state index contributed by atoms with van der Waals surface area (Å²) in [5, 5.41) is 2.86. The van der Waals surface area contributed by atoms with Crippen LogP contribution in [0.15, 0.2) is 57.9 Å². The SMILES string of the molecule is O=C(Nc1cccc(CNS(=O)(=O)c2ccc(Br)cc2)c1)C1CC1. The van der Waals surface area contributed by atoms with Crippen LogP contribution >= 0.6 is 15.9 Å². The van der Waals surface area contributed by atoms with Crippen LogP contribution in [0, 0.1) is 5.92 Å². The molecule has 2 aromatic carbocycles. The van der Waals surface area contributed by atoms with Gasteiger partial charge >= 0.3 is 0 Å². The maximum absolute atomic E-state index is 12.3. The van der Waals surface area contributed by atoms with Crippen molar-refractivity contribution in [1.29, 1.82) is 0 Å². The second kappa shape index (κ2) is 7.04. The Labute approximate surface area is 149 Å². The lowest BCUT2D eigenvalue weighted by molar-refractivity contribution is -0.117. The van der Waals surface area contributed by atoms with Gasteiger partial charge in [-0.05, 0) is 54.8 Å². The fourth-order valence-corrected chi connectivity index (χ4v) is 3.51. The van der Waals surface area contributed by atoms with Crippen LogP contribution in [-0.4, -0.2) is 14.3 Å². The topological polar surface area (TPSA) is 75.3 Å². The average Bonchev–Trinajstić information content (AvgIpc) is 3.39. The number of halogens is 1. The molecule has 0 saturated heterocycles. The van der Waals surface area contributed by atoms with Gasteiger partial charge in [-0.1, -0.05) is 28.1 Å². The van der Waals surface area contributed by atoms with Crippen molar-refractivity contribution in [2.24, 2.45) is 5.92 Å². The molecule has 0 aliphatic heterocycles. The Kier molecular flexibility index (Phi) is 5.03. The summed E-state index contributed by atoms with van der Waals surface area (Å²) < 4.78 is 28.0. The van der Waals surface area contributed by atoms with Crippen LogP contribution in [-0.2, 0) is 21.4 Å². The summed E-state index contributed by atoms with van der Waals surface area (Å²) in [7, 11) is -3.57. The first-order valence-electron chi connectivity index (χ1n) is 7.59. The molecule has 1 aliphatic carbocycles. The molecule has 3 rings (SSSR count). The van der Waals surface area contributed by atoms with Gasteiger partial charge in [-0.25, -0.2) is 13.1 Å². The van der Waals surface area contributed by atoms with Crippen molar-refractivity contribution in [2.45, 2.75) is 24.3 Å². The van der Waals surface area contributed by atoms with Gasteiger partial charge in [-0.3, -0.25) is 4.79 Å². The Bertz CT molecular complexity index is 846. The predicted molar refractivity (Wildman–Crippen MR) is 96.0 cm³/mol. The third-order valence-corrected chi connectivity index (χ3v) is 5.68. The Morgan fingerprint density at radius 3 is 2.50 bits per heavy atom. The quantitative estimate of drug-likeness (QED) is 0.769. The molecular weight excluding hydrogens is 392 g/mol. The zero-order valence-corrected chi connectivity index (χ0v) is 15.2. The number of carbonyl (C=O) groups excluding carboxylic acids is 1. The predicted octanol–water partition coefficient (Wildman–Crippen LogP) is 3.28. The zero-order chi connectivity index (χ0) is 17.2. The van der Waals surface area contributed by atoms with Crippen molar-refractivity contribution >= 4 is 37.5 Å². The molecule has 0 radical (unpaired) electrons. The van der Waals surface area contributed by atoms with Gasteiger partial charge < -0.3 is 5.32 Å². The van der Waals surface area contributed by atoms with Gasteiger partial charge in [0.05, 0.1) is 4.90 Å². The lowest BCUT2D eigenvalue weighted by Gasteiger charge is -2.09. The van der Waals surface area contributed by atoms with E-state index in [4.69, 9.17) is 0 Å². The molecule has 0 unspecified atom stereocenters. The highest BCUT2D eigenvalue weighted by Crippen LogP contribution is 2.30. The fraction of sp³-hybridized carbons (Fsp3) is 0.235. The van der Waals surface area contributed by atoms with Crippen LogP contribution in [0.1, 0.15) is 18.4 Å². The largest absolute Gasteiger partial charge is 0.326 e. The van der Waals surface area contributed by atoms with Crippen LogP contribution in [0.2, 0.25) is 0 Å². The van der Waals surface area contributed by atoms with Crippen molar-refractivity contribution < 1.29 is 13.2 Å². The number of anilines is 1. The summed E-state index contributed by atoms with van der Waals surface area (Å²) in [6.07, 6.45) is 1.89. The van der Waals surface area contributed by atoms with E-state index >= 15 is 0 Å². The van der Waals surface area contributed by atoms with E-state index < -0.39 is 10.0 Å². The number of hydrogen-bond donors (Lipinski definition) is 2. The number of benzene rings is 2. The minimum absolute atomic E-state index is 0.0302. The first-order valence-corrected chi connectivity index (χ1v) is 9.87. The van der Waals surface area contributed by atoms with Gasteiger partial charge in [0.2, 0.25) is 15.9 Å². The third-order valence-electron chi connectivity index (χ3n) is 3.73. The summed E-state index contributed by atoms with van der Waals surface area (Å²) in [5.41, 5.74) is 1.47. The van der Waals surface area contributed by atoms with E-state index in [9.17, 15) is 13.2 Å². The van der Waals surface area contributed by atoms with Crippen molar-refractivity contribution in [3.8, 4) is 0 Å². The average molecular weight is 409 g/mol. The molecule has 0 atom stereocenters. The highest BCUT2D eigenvalue weighted by atomic mass is 79.9. The highest BCUT2D eigenvalue weighted by Gasteiger charge is 2.29. The second-order valence-electron chi connectivity index (χ2n) is 5.74. The minimum Gasteiger partial charge on any atom is -0.326 e. The van der Waals surface area contributed by atoms with Gasteiger partial charge in [0.25, 0.3) is 0 Å². The summed E-state index contributed by atoms with van der Waals surface area (Å²) in [4.78, 5) is 12.0. The number of sulfonamides is 1. The summed E-state index contributed by atoms with van der Waals surface area (Å²) in [6.45, 7) is 0.158. The maximum Gasteiger partial charge on any atom is 0.240 e. The molecule has 1 amide bonds. The first kappa shape index (κ1) is 17.1. The van der Waals surface area contributed by atoms with Crippen LogP contribution in [0.3, 0.4) is 0 Å². The van der Waals surface area contributed by atoms with E-state index in [0.717, 1.165) is 22.9 Å². The van der Waals surface area contributed by atoms with E-state index in [1.165, 1.54) is 0 Å². The monoisotopic (exact) mass is 408 g/mol. The summed E-state index contributed by atoms with van der Waals surface area (Å²) in [6, 6.07) is 13.6. The van der Waals surface area contributed by atoms with Crippen molar-refractivity contribution in [1.82, 2.24) is 4.72 Å². The first-order chi connectivity index (χ1) is 11.4. The second-order valence-corrected chi connectivity index (χ2v) is 8.43. The van der Waals surface area contributed by atoms with Gasteiger partial charge in [0, 0.05) is 22.6 Å². The van der Waals surface area contributed by atoms with Crippen molar-refractivity contribution in [2.75, 3.05) is 5.32 Å². The maximum atomic E-state index is 12.3. The molecule has 5 nitrogen and oxygen atoms in total. The molecule has 126 valence electrons. The highest BCUT2D eigenvalue weighted by molar-refractivity contribution is 9.10. The van der Waals surface area contributed by atoms with Crippen LogP contribution in [0.5, 0.6) is 0 Å². The smallest absolute Gasteiger partial charge is 0.240 e. The van der Waals surface area contributed by atoms with Crippen LogP contribution in [0.25, 0.3) is 0 Å². The summed E-state index contributed by atoms with van der Waals surface area (Å²) >= 11 is 3.28. The van der Waals surface area contributed by atoms with Gasteiger partial charge in [0.1, 0.15) is 0 Å². The molecule has 0 bridgehead atoms. The molecule has 1 fully saturated rings.